The summed E-state index contributed by atoms with van der Waals surface area (Å²) in [5, 5.41) is 0. The Morgan fingerprint density at radius 2 is 1.07 bits per heavy atom. The van der Waals surface area contributed by atoms with Crippen LogP contribution in [-0.4, -0.2) is 84.5 Å². The lowest BCUT2D eigenvalue weighted by Gasteiger charge is -2.29. The minimum atomic E-state index is -0.191. The van der Waals surface area contributed by atoms with Crippen LogP contribution in [0.5, 0.6) is 0 Å². The average molecular weight is 597 g/mol. The molecule has 226 valence electrons. The fraction of sp³-hybridized carbons (Fsp3) is 0.733. The first-order valence-corrected chi connectivity index (χ1v) is 16.9. The molecule has 0 aliphatic carbocycles. The Labute approximate surface area is 249 Å². The van der Waals surface area contributed by atoms with E-state index in [2.05, 4.69) is 0 Å². The molecule has 4 aliphatic rings. The van der Waals surface area contributed by atoms with Gasteiger partial charge in [-0.1, -0.05) is 41.5 Å². The molecule has 0 aromatic rings. The monoisotopic (exact) mass is 596 g/mol. The van der Waals surface area contributed by atoms with Crippen molar-refractivity contribution >= 4 is 47.2 Å². The summed E-state index contributed by atoms with van der Waals surface area (Å²) in [4.78, 5) is 54.6. The van der Waals surface area contributed by atoms with Gasteiger partial charge in [0.25, 0.3) is 11.8 Å². The number of nitrogens with zero attached hydrogens (tertiary/aromatic N) is 2. The summed E-state index contributed by atoms with van der Waals surface area (Å²) in [6.07, 6.45) is 6.43. The molecule has 2 saturated heterocycles. The molecule has 2 fully saturated rings. The third-order valence-electron chi connectivity index (χ3n) is 7.10. The Balaban J connectivity index is 0.00000134. The van der Waals surface area contributed by atoms with E-state index in [1.165, 1.54) is 9.80 Å². The van der Waals surface area contributed by atoms with E-state index < -0.39 is 0 Å². The Bertz CT molecular complexity index is 863. The normalized spacial score (nSPS) is 23.4. The summed E-state index contributed by atoms with van der Waals surface area (Å²) in [6.45, 7) is 15.0. The van der Waals surface area contributed by atoms with Crippen molar-refractivity contribution in [1.82, 2.24) is 9.80 Å². The molecule has 0 spiro atoms. The molecule has 0 aromatic heterocycles. The minimum absolute atomic E-state index is 0.0503. The molecule has 4 atom stereocenters. The van der Waals surface area contributed by atoms with E-state index in [0.29, 0.717) is 39.5 Å². The predicted molar refractivity (Wildman–Crippen MR) is 163 cm³/mol. The second kappa shape index (κ2) is 18.0. The number of amides is 4. The van der Waals surface area contributed by atoms with Crippen LogP contribution in [0.2, 0.25) is 0 Å². The van der Waals surface area contributed by atoms with Crippen molar-refractivity contribution in [3.63, 3.8) is 0 Å². The second-order valence-electron chi connectivity index (χ2n) is 10.1. The summed E-state index contributed by atoms with van der Waals surface area (Å²) >= 11 is 3.24. The predicted octanol–water partition coefficient (Wildman–Crippen LogP) is 5.14. The molecule has 4 heterocycles. The minimum Gasteiger partial charge on any atom is -0.379 e. The van der Waals surface area contributed by atoms with Crippen LogP contribution in [0.15, 0.2) is 22.0 Å². The van der Waals surface area contributed by atoms with Crippen molar-refractivity contribution in [3.05, 3.63) is 22.0 Å². The van der Waals surface area contributed by atoms with E-state index in [1.54, 1.807) is 35.7 Å². The van der Waals surface area contributed by atoms with Gasteiger partial charge in [-0.05, 0) is 49.0 Å². The van der Waals surface area contributed by atoms with E-state index >= 15 is 0 Å². The van der Waals surface area contributed by atoms with Crippen LogP contribution in [0.25, 0.3) is 0 Å². The third kappa shape index (κ3) is 9.46. The highest BCUT2D eigenvalue weighted by Crippen LogP contribution is 2.40. The SMILES string of the molecule is CC.CC.CC(CCOCCOCCC(C)CN1C(=O)C=C2SCCC2C1=O)CN1C(=O)C=C2SCCC2C1=O. The third-order valence-corrected chi connectivity index (χ3v) is 9.45. The highest BCUT2D eigenvalue weighted by atomic mass is 32.2. The van der Waals surface area contributed by atoms with Gasteiger partial charge in [-0.15, -0.1) is 23.5 Å². The van der Waals surface area contributed by atoms with Crippen molar-refractivity contribution in [2.24, 2.45) is 23.7 Å². The lowest BCUT2D eigenvalue weighted by atomic mass is 9.99. The summed E-state index contributed by atoms with van der Waals surface area (Å²) in [5.74, 6) is 1.42. The summed E-state index contributed by atoms with van der Waals surface area (Å²) in [5.41, 5.74) is 0. The number of carbonyl (C=O) groups excluding carboxylic acids is 4. The summed E-state index contributed by atoms with van der Waals surface area (Å²) in [6, 6.07) is 0. The first-order chi connectivity index (χ1) is 19.3. The molecule has 0 N–H and O–H groups in total. The Kier molecular flexibility index (Phi) is 15.6. The number of rotatable bonds is 13. The maximum atomic E-state index is 12.6. The molecule has 4 rings (SSSR count). The molecule has 4 amide bonds. The van der Waals surface area contributed by atoms with Gasteiger partial charge < -0.3 is 9.47 Å². The lowest BCUT2D eigenvalue weighted by molar-refractivity contribution is -0.147. The number of hydrogen-bond donors (Lipinski definition) is 0. The van der Waals surface area contributed by atoms with Gasteiger partial charge in [-0.3, -0.25) is 29.0 Å². The van der Waals surface area contributed by atoms with E-state index in [0.717, 1.165) is 47.0 Å². The summed E-state index contributed by atoms with van der Waals surface area (Å²) < 4.78 is 11.4. The quantitative estimate of drug-likeness (QED) is 0.213. The van der Waals surface area contributed by atoms with Crippen molar-refractivity contribution < 1.29 is 28.7 Å². The zero-order valence-corrected chi connectivity index (χ0v) is 26.7. The molecule has 10 heteroatoms. The number of hydrogen-bond acceptors (Lipinski definition) is 8. The molecule has 0 bridgehead atoms. The Morgan fingerprint density at radius 3 is 1.45 bits per heavy atom. The lowest BCUT2D eigenvalue weighted by Crippen LogP contribution is -2.45. The largest absolute Gasteiger partial charge is 0.379 e. The standard InChI is InChI=1S/C26H36N2O6S2.2C2H6/c1-17(15-27-23(29)13-21-19(25(27)31)5-11-35-21)3-7-33-9-10-34-8-4-18(2)16-28-24(30)14-22-20(26(28)32)6-12-36-22;2*1-2/h13-14,17-20H,3-12,15-16H2,1-2H3;2*1-2H3. The molecule has 4 aliphatic heterocycles. The summed E-state index contributed by atoms with van der Waals surface area (Å²) in [7, 11) is 0. The molecular formula is C30H48N2O6S2. The van der Waals surface area contributed by atoms with Gasteiger partial charge in [-0.25, -0.2) is 0 Å². The molecule has 0 radical (unpaired) electrons. The maximum Gasteiger partial charge on any atom is 0.254 e. The van der Waals surface area contributed by atoms with Crippen LogP contribution in [0.1, 0.15) is 67.2 Å². The second-order valence-corrected chi connectivity index (χ2v) is 12.4. The van der Waals surface area contributed by atoms with E-state index in [4.69, 9.17) is 9.47 Å². The highest BCUT2D eigenvalue weighted by Gasteiger charge is 2.40. The van der Waals surface area contributed by atoms with E-state index in [1.807, 2.05) is 41.5 Å². The smallest absolute Gasteiger partial charge is 0.254 e. The highest BCUT2D eigenvalue weighted by molar-refractivity contribution is 8.03. The topological polar surface area (TPSA) is 93.2 Å². The van der Waals surface area contributed by atoms with Gasteiger partial charge in [0.05, 0.1) is 25.0 Å². The molecule has 40 heavy (non-hydrogen) atoms. The van der Waals surface area contributed by atoms with Crippen molar-refractivity contribution in [2.75, 3.05) is 51.0 Å². The van der Waals surface area contributed by atoms with Gasteiger partial charge in [-0.2, -0.15) is 0 Å². The van der Waals surface area contributed by atoms with Gasteiger partial charge in [0.15, 0.2) is 0 Å². The number of carbonyl (C=O) groups is 4. The number of thioether (sulfide) groups is 2. The average Bonchev–Trinajstić information content (AvgIpc) is 3.62. The van der Waals surface area contributed by atoms with E-state index in [9.17, 15) is 19.2 Å². The van der Waals surface area contributed by atoms with Crippen LogP contribution in [-0.2, 0) is 28.7 Å². The van der Waals surface area contributed by atoms with Gasteiger partial charge in [0.2, 0.25) is 11.8 Å². The van der Waals surface area contributed by atoms with Crippen LogP contribution >= 0.6 is 23.5 Å². The maximum absolute atomic E-state index is 12.6. The Morgan fingerprint density at radius 1 is 0.700 bits per heavy atom. The first-order valence-electron chi connectivity index (χ1n) is 14.9. The van der Waals surface area contributed by atoms with Crippen LogP contribution in [0.4, 0.5) is 0 Å². The number of fused-ring (bicyclic) bond motifs is 2. The van der Waals surface area contributed by atoms with Gasteiger partial charge >= 0.3 is 0 Å². The molecular weight excluding hydrogens is 548 g/mol. The zero-order chi connectivity index (χ0) is 29.7. The molecule has 4 unspecified atom stereocenters. The first kappa shape index (κ1) is 34.6. The fourth-order valence-corrected chi connectivity index (χ4v) is 7.29. The van der Waals surface area contributed by atoms with Crippen molar-refractivity contribution in [2.45, 2.75) is 67.2 Å². The fourth-order valence-electron chi connectivity index (χ4n) is 4.90. The van der Waals surface area contributed by atoms with Crippen molar-refractivity contribution in [3.8, 4) is 0 Å². The van der Waals surface area contributed by atoms with Gasteiger partial charge in [0.1, 0.15) is 0 Å². The van der Waals surface area contributed by atoms with Crippen LogP contribution in [0, 0.1) is 23.7 Å². The van der Waals surface area contributed by atoms with Crippen molar-refractivity contribution in [1.29, 1.82) is 0 Å². The molecule has 0 aromatic carbocycles. The van der Waals surface area contributed by atoms with Gasteiger partial charge in [0, 0.05) is 48.3 Å². The van der Waals surface area contributed by atoms with Crippen LogP contribution < -0.4 is 0 Å². The van der Waals surface area contributed by atoms with Crippen LogP contribution in [0.3, 0.4) is 0 Å². The van der Waals surface area contributed by atoms with E-state index in [-0.39, 0.29) is 47.3 Å². The zero-order valence-electron chi connectivity index (χ0n) is 25.1. The molecule has 0 saturated carbocycles. The number of ether oxygens (including phenoxy) is 2. The molecule has 8 nitrogen and oxygen atoms in total. The Hall–Kier alpha value is -1.62. The number of imide groups is 2.